The van der Waals surface area contributed by atoms with Gasteiger partial charge in [-0.2, -0.15) is 0 Å². The summed E-state index contributed by atoms with van der Waals surface area (Å²) < 4.78 is 33.5. The molecule has 1 aliphatic heterocycles. The molecule has 0 bridgehead atoms. The molecule has 0 atom stereocenters. The fourth-order valence-corrected chi connectivity index (χ4v) is 4.50. The number of hydrogen-bond acceptors (Lipinski definition) is 3. The molecular weight excluding hydrogens is 354 g/mol. The molecule has 0 spiro atoms. The maximum Gasteiger partial charge on any atom is 0.242 e. The van der Waals surface area contributed by atoms with E-state index in [9.17, 15) is 8.42 Å². The predicted molar refractivity (Wildman–Crippen MR) is 77.9 cm³/mol. The Kier molecular flexibility index (Phi) is 4.57. The van der Waals surface area contributed by atoms with Crippen LogP contribution in [0.4, 0.5) is 0 Å². The molecule has 0 aromatic heterocycles. The first kappa shape index (κ1) is 15.3. The van der Waals surface area contributed by atoms with Gasteiger partial charge in [-0.3, -0.25) is 0 Å². The summed E-state index contributed by atoms with van der Waals surface area (Å²) in [5, 5.41) is 0.206. The van der Waals surface area contributed by atoms with Crippen molar-refractivity contribution in [2.24, 2.45) is 0 Å². The summed E-state index contributed by atoms with van der Waals surface area (Å²) >= 11 is 9.26. The highest BCUT2D eigenvalue weighted by Crippen LogP contribution is 2.28. The third-order valence-electron chi connectivity index (χ3n) is 3.16. The number of ether oxygens (including phenoxy) is 1. The van der Waals surface area contributed by atoms with Crippen molar-refractivity contribution in [2.45, 2.75) is 30.2 Å². The van der Waals surface area contributed by atoms with Crippen LogP contribution in [0.15, 0.2) is 27.6 Å². The van der Waals surface area contributed by atoms with Crippen LogP contribution in [0.5, 0.6) is 0 Å². The van der Waals surface area contributed by atoms with Crippen LogP contribution in [-0.2, 0) is 14.8 Å². The van der Waals surface area contributed by atoms with E-state index in [-0.39, 0.29) is 9.92 Å². The van der Waals surface area contributed by atoms with Crippen molar-refractivity contribution < 1.29 is 13.2 Å². The van der Waals surface area contributed by atoms with Crippen LogP contribution in [0, 0.1) is 0 Å². The van der Waals surface area contributed by atoms with Crippen LogP contribution >= 0.6 is 27.5 Å². The minimum atomic E-state index is -3.62. The van der Waals surface area contributed by atoms with Gasteiger partial charge in [0.2, 0.25) is 10.0 Å². The van der Waals surface area contributed by atoms with Gasteiger partial charge in [-0.15, -0.1) is 0 Å². The third-order valence-corrected chi connectivity index (χ3v) is 5.78. The molecule has 0 amide bonds. The van der Waals surface area contributed by atoms with Gasteiger partial charge in [0.05, 0.1) is 5.02 Å². The molecule has 1 heterocycles. The smallest absolute Gasteiger partial charge is 0.242 e. The van der Waals surface area contributed by atoms with E-state index in [1.807, 2.05) is 6.92 Å². The summed E-state index contributed by atoms with van der Waals surface area (Å²) in [6, 6.07) is 4.73. The van der Waals surface area contributed by atoms with Gasteiger partial charge in [-0.1, -0.05) is 27.5 Å². The summed E-state index contributed by atoms with van der Waals surface area (Å²) in [6.07, 6.45) is 1.31. The van der Waals surface area contributed by atoms with Crippen LogP contribution in [0.1, 0.15) is 19.8 Å². The summed E-state index contributed by atoms with van der Waals surface area (Å²) in [5.74, 6) is 0. The van der Waals surface area contributed by atoms with Gasteiger partial charge < -0.3 is 4.74 Å². The minimum absolute atomic E-state index is 0.102. The molecule has 7 heteroatoms. The predicted octanol–water partition coefficient (Wildman–Crippen LogP) is 2.95. The molecule has 0 unspecified atom stereocenters. The van der Waals surface area contributed by atoms with Crippen LogP contribution in [-0.4, -0.2) is 27.2 Å². The van der Waals surface area contributed by atoms with Crippen molar-refractivity contribution in [2.75, 3.05) is 13.2 Å². The molecule has 1 aliphatic rings. The average Bonchev–Trinajstić information content (AvgIpc) is 2.27. The Bertz CT molecular complexity index is 570. The Balaban J connectivity index is 2.27. The van der Waals surface area contributed by atoms with E-state index in [0.29, 0.717) is 26.1 Å². The highest BCUT2D eigenvalue weighted by atomic mass is 79.9. The van der Waals surface area contributed by atoms with Gasteiger partial charge in [-0.25, -0.2) is 13.1 Å². The number of sulfonamides is 1. The summed E-state index contributed by atoms with van der Waals surface area (Å²) in [7, 11) is -3.62. The van der Waals surface area contributed by atoms with Crippen molar-refractivity contribution in [3.8, 4) is 0 Å². The van der Waals surface area contributed by atoms with E-state index < -0.39 is 15.6 Å². The molecule has 0 radical (unpaired) electrons. The molecule has 2 rings (SSSR count). The number of benzene rings is 1. The zero-order chi connectivity index (χ0) is 14.1. The minimum Gasteiger partial charge on any atom is -0.381 e. The number of rotatable bonds is 3. The van der Waals surface area contributed by atoms with Gasteiger partial charge in [-0.05, 0) is 38.0 Å². The normalized spacial score (nSPS) is 19.3. The van der Waals surface area contributed by atoms with E-state index in [0.717, 1.165) is 4.47 Å². The first-order valence-electron chi connectivity index (χ1n) is 5.89. The zero-order valence-electron chi connectivity index (χ0n) is 10.4. The first-order valence-corrected chi connectivity index (χ1v) is 8.55. The van der Waals surface area contributed by atoms with E-state index in [2.05, 4.69) is 20.7 Å². The molecule has 106 valence electrons. The molecule has 1 fully saturated rings. The third kappa shape index (κ3) is 3.70. The number of hydrogen-bond donors (Lipinski definition) is 1. The van der Waals surface area contributed by atoms with Gasteiger partial charge in [0.15, 0.2) is 0 Å². The second kappa shape index (κ2) is 5.69. The Hall–Kier alpha value is -0.140. The summed E-state index contributed by atoms with van der Waals surface area (Å²) in [4.78, 5) is 0.102. The van der Waals surface area contributed by atoms with Crippen LogP contribution in [0.3, 0.4) is 0 Å². The van der Waals surface area contributed by atoms with Crippen molar-refractivity contribution in [1.29, 1.82) is 0 Å². The van der Waals surface area contributed by atoms with Crippen LogP contribution in [0.2, 0.25) is 5.02 Å². The van der Waals surface area contributed by atoms with Crippen molar-refractivity contribution in [1.82, 2.24) is 4.72 Å². The highest BCUT2D eigenvalue weighted by Gasteiger charge is 2.33. The first-order chi connectivity index (χ1) is 8.82. The standard InChI is InChI=1S/C12H15BrClNO3S/c1-12(4-6-18-7-5-12)15-19(16,17)11-3-2-9(13)8-10(11)14/h2-3,8,15H,4-7H2,1H3. The summed E-state index contributed by atoms with van der Waals surface area (Å²) in [6.45, 7) is 3.01. The average molecular weight is 369 g/mol. The maximum atomic E-state index is 12.4. The fraction of sp³-hybridized carbons (Fsp3) is 0.500. The second-order valence-electron chi connectivity index (χ2n) is 4.85. The second-order valence-corrected chi connectivity index (χ2v) is 7.83. The fourth-order valence-electron chi connectivity index (χ4n) is 2.00. The highest BCUT2D eigenvalue weighted by molar-refractivity contribution is 9.10. The van der Waals surface area contributed by atoms with E-state index in [1.165, 1.54) is 6.07 Å². The molecule has 1 aromatic carbocycles. The Morgan fingerprint density at radius 1 is 1.37 bits per heavy atom. The number of nitrogens with one attached hydrogen (secondary N) is 1. The molecule has 1 aromatic rings. The Morgan fingerprint density at radius 3 is 2.58 bits per heavy atom. The van der Waals surface area contributed by atoms with Crippen molar-refractivity contribution in [3.05, 3.63) is 27.7 Å². The van der Waals surface area contributed by atoms with Gasteiger partial charge in [0.25, 0.3) is 0 Å². The monoisotopic (exact) mass is 367 g/mol. The van der Waals surface area contributed by atoms with E-state index in [4.69, 9.17) is 16.3 Å². The molecule has 0 aliphatic carbocycles. The lowest BCUT2D eigenvalue weighted by atomic mass is 9.94. The molecule has 1 N–H and O–H groups in total. The lowest BCUT2D eigenvalue weighted by Crippen LogP contribution is -2.49. The van der Waals surface area contributed by atoms with Gasteiger partial charge in [0.1, 0.15) is 4.90 Å². The topological polar surface area (TPSA) is 55.4 Å². The van der Waals surface area contributed by atoms with E-state index >= 15 is 0 Å². The van der Waals surface area contributed by atoms with E-state index in [1.54, 1.807) is 12.1 Å². The molecule has 1 saturated heterocycles. The largest absolute Gasteiger partial charge is 0.381 e. The van der Waals surface area contributed by atoms with Gasteiger partial charge in [0, 0.05) is 23.2 Å². The Morgan fingerprint density at radius 2 is 2.00 bits per heavy atom. The molecular formula is C12H15BrClNO3S. The maximum absolute atomic E-state index is 12.4. The lowest BCUT2D eigenvalue weighted by Gasteiger charge is -2.34. The van der Waals surface area contributed by atoms with Crippen molar-refractivity contribution >= 4 is 37.6 Å². The van der Waals surface area contributed by atoms with Crippen molar-refractivity contribution in [3.63, 3.8) is 0 Å². The SMILES string of the molecule is CC1(NS(=O)(=O)c2ccc(Br)cc2Cl)CCOCC1. The Labute approximate surface area is 126 Å². The van der Waals surface area contributed by atoms with Gasteiger partial charge >= 0.3 is 0 Å². The lowest BCUT2D eigenvalue weighted by molar-refractivity contribution is 0.0537. The van der Waals surface area contributed by atoms with Crippen LogP contribution in [0.25, 0.3) is 0 Å². The van der Waals surface area contributed by atoms with Crippen LogP contribution < -0.4 is 4.72 Å². The number of halogens is 2. The molecule has 19 heavy (non-hydrogen) atoms. The quantitative estimate of drug-likeness (QED) is 0.892. The molecule has 4 nitrogen and oxygen atoms in total. The zero-order valence-corrected chi connectivity index (χ0v) is 13.6. The molecule has 0 saturated carbocycles. The summed E-state index contributed by atoms with van der Waals surface area (Å²) in [5.41, 5.74) is -0.479.